The van der Waals surface area contributed by atoms with Crippen molar-refractivity contribution in [2.24, 2.45) is 0 Å². The molecule has 0 bridgehead atoms. The highest BCUT2D eigenvalue weighted by Gasteiger charge is 2.25. The van der Waals surface area contributed by atoms with E-state index in [0.29, 0.717) is 17.8 Å². The molecule has 4 heteroatoms. The molecule has 0 heterocycles. The van der Waals surface area contributed by atoms with Crippen molar-refractivity contribution in [2.45, 2.75) is 38.1 Å². The van der Waals surface area contributed by atoms with Crippen molar-refractivity contribution in [1.29, 1.82) is 0 Å². The van der Waals surface area contributed by atoms with Crippen LogP contribution in [0.4, 0.5) is 5.69 Å². The summed E-state index contributed by atoms with van der Waals surface area (Å²) < 4.78 is 0. The normalized spacial score (nSPS) is 14.6. The topological polar surface area (TPSA) is 49.4 Å². The minimum absolute atomic E-state index is 0.0450. The molecule has 0 radical (unpaired) electrons. The lowest BCUT2D eigenvalue weighted by Crippen LogP contribution is -2.41. The van der Waals surface area contributed by atoms with Gasteiger partial charge in [0.2, 0.25) is 5.91 Å². The zero-order chi connectivity index (χ0) is 16.7. The number of nitrogens with one attached hydrogen (secondary N) is 1. The van der Waals surface area contributed by atoms with Crippen LogP contribution in [0.5, 0.6) is 0 Å². The van der Waals surface area contributed by atoms with Crippen LogP contribution >= 0.6 is 0 Å². The van der Waals surface area contributed by atoms with E-state index in [-0.39, 0.29) is 17.9 Å². The molecule has 4 nitrogen and oxygen atoms in total. The summed E-state index contributed by atoms with van der Waals surface area (Å²) in [5.74, 6) is 2.28. The highest BCUT2D eigenvalue weighted by Crippen LogP contribution is 2.24. The second kappa shape index (κ2) is 8.19. The first kappa shape index (κ1) is 16.8. The van der Waals surface area contributed by atoms with Gasteiger partial charge in [-0.3, -0.25) is 9.59 Å². The van der Waals surface area contributed by atoms with Crippen molar-refractivity contribution in [2.75, 3.05) is 11.9 Å². The SMILES string of the molecule is C#CCN(C(=O)c1ccc(NC(=O)C=C)cc1)C1CCCCC1. The van der Waals surface area contributed by atoms with Crippen LogP contribution in [-0.2, 0) is 4.79 Å². The van der Waals surface area contributed by atoms with Gasteiger partial charge < -0.3 is 10.2 Å². The van der Waals surface area contributed by atoms with Crippen LogP contribution in [0, 0.1) is 12.3 Å². The van der Waals surface area contributed by atoms with Gasteiger partial charge in [-0.25, -0.2) is 0 Å². The van der Waals surface area contributed by atoms with Crippen LogP contribution in [-0.4, -0.2) is 29.3 Å². The van der Waals surface area contributed by atoms with Crippen molar-refractivity contribution in [3.8, 4) is 12.3 Å². The second-order valence-corrected chi connectivity index (χ2v) is 5.70. The van der Waals surface area contributed by atoms with E-state index in [1.165, 1.54) is 12.5 Å². The molecular formula is C19H22N2O2. The fourth-order valence-corrected chi connectivity index (χ4v) is 2.91. The number of carbonyl (C=O) groups excluding carboxylic acids is 2. The third-order valence-corrected chi connectivity index (χ3v) is 4.12. The van der Waals surface area contributed by atoms with Gasteiger partial charge in [0, 0.05) is 17.3 Å². The summed E-state index contributed by atoms with van der Waals surface area (Å²) in [5.41, 5.74) is 1.22. The molecule has 0 spiro atoms. The van der Waals surface area contributed by atoms with E-state index in [1.807, 2.05) is 0 Å². The molecule has 120 valence electrons. The van der Waals surface area contributed by atoms with Crippen LogP contribution in [0.2, 0.25) is 0 Å². The minimum atomic E-state index is -0.278. The summed E-state index contributed by atoms with van der Waals surface area (Å²) in [4.78, 5) is 25.8. The molecule has 0 saturated heterocycles. The molecule has 2 rings (SSSR count). The summed E-state index contributed by atoms with van der Waals surface area (Å²) in [5, 5.41) is 2.66. The van der Waals surface area contributed by atoms with Crippen LogP contribution in [0.1, 0.15) is 42.5 Å². The predicted octanol–water partition coefficient (Wildman–Crippen LogP) is 3.22. The van der Waals surface area contributed by atoms with Gasteiger partial charge in [0.25, 0.3) is 5.91 Å². The monoisotopic (exact) mass is 310 g/mol. The lowest BCUT2D eigenvalue weighted by molar-refractivity contribution is -0.111. The third kappa shape index (κ3) is 4.46. The largest absolute Gasteiger partial charge is 0.325 e. The Bertz CT molecular complexity index is 607. The Labute approximate surface area is 137 Å². The van der Waals surface area contributed by atoms with Crippen molar-refractivity contribution >= 4 is 17.5 Å². The molecule has 2 amide bonds. The number of rotatable bonds is 5. The lowest BCUT2D eigenvalue weighted by atomic mass is 9.93. The summed E-state index contributed by atoms with van der Waals surface area (Å²) >= 11 is 0. The molecule has 1 saturated carbocycles. The summed E-state index contributed by atoms with van der Waals surface area (Å²) in [6.07, 6.45) is 12.2. The van der Waals surface area contributed by atoms with Gasteiger partial charge in [0.1, 0.15) is 0 Å². The van der Waals surface area contributed by atoms with E-state index in [0.717, 1.165) is 25.7 Å². The first-order valence-electron chi connectivity index (χ1n) is 7.93. The molecule has 1 fully saturated rings. The number of terminal acetylenes is 1. The molecule has 1 aromatic carbocycles. The summed E-state index contributed by atoms with van der Waals surface area (Å²) in [6.45, 7) is 3.74. The number of nitrogens with zero attached hydrogens (tertiary/aromatic N) is 1. The number of anilines is 1. The van der Waals surface area contributed by atoms with Gasteiger partial charge in [-0.1, -0.05) is 31.8 Å². The first-order valence-corrected chi connectivity index (χ1v) is 7.93. The molecule has 1 N–H and O–H groups in total. The van der Waals surface area contributed by atoms with Crippen molar-refractivity contribution in [1.82, 2.24) is 4.90 Å². The number of hydrogen-bond donors (Lipinski definition) is 1. The van der Waals surface area contributed by atoms with Crippen molar-refractivity contribution < 1.29 is 9.59 Å². The number of carbonyl (C=O) groups is 2. The Kier molecular flexibility index (Phi) is 5.99. The molecule has 1 aromatic rings. The quantitative estimate of drug-likeness (QED) is 0.670. The fraction of sp³-hybridized carbons (Fsp3) is 0.368. The van der Waals surface area contributed by atoms with E-state index in [9.17, 15) is 9.59 Å². The van der Waals surface area contributed by atoms with Crippen LogP contribution < -0.4 is 5.32 Å². The Balaban J connectivity index is 2.11. The zero-order valence-electron chi connectivity index (χ0n) is 13.3. The van der Waals surface area contributed by atoms with E-state index in [4.69, 9.17) is 6.42 Å². The Morgan fingerprint density at radius 2 is 1.91 bits per heavy atom. The van der Waals surface area contributed by atoms with E-state index in [1.54, 1.807) is 29.2 Å². The fourth-order valence-electron chi connectivity index (χ4n) is 2.91. The maximum absolute atomic E-state index is 12.8. The Morgan fingerprint density at radius 3 is 2.48 bits per heavy atom. The number of hydrogen-bond acceptors (Lipinski definition) is 2. The van der Waals surface area contributed by atoms with Gasteiger partial charge in [-0.2, -0.15) is 0 Å². The molecule has 1 aliphatic carbocycles. The lowest BCUT2D eigenvalue weighted by Gasteiger charge is -2.33. The third-order valence-electron chi connectivity index (χ3n) is 4.12. The standard InChI is InChI=1S/C19H22N2O2/c1-3-14-21(17-8-6-5-7-9-17)19(23)15-10-12-16(13-11-15)20-18(22)4-2/h1,4,10-13,17H,2,5-9,14H2,(H,20,22). The van der Waals surface area contributed by atoms with Crippen LogP contribution in [0.3, 0.4) is 0 Å². The zero-order valence-corrected chi connectivity index (χ0v) is 13.3. The molecule has 1 aliphatic rings. The maximum Gasteiger partial charge on any atom is 0.254 e. The maximum atomic E-state index is 12.8. The highest BCUT2D eigenvalue weighted by molar-refractivity contribution is 5.99. The van der Waals surface area contributed by atoms with Gasteiger partial charge >= 0.3 is 0 Å². The van der Waals surface area contributed by atoms with Gasteiger partial charge in [0.05, 0.1) is 6.54 Å². The van der Waals surface area contributed by atoms with Gasteiger partial charge in [-0.15, -0.1) is 6.42 Å². The first-order chi connectivity index (χ1) is 11.2. The molecule has 0 unspecified atom stereocenters. The molecule has 23 heavy (non-hydrogen) atoms. The minimum Gasteiger partial charge on any atom is -0.325 e. The van der Waals surface area contributed by atoms with E-state index >= 15 is 0 Å². The number of amides is 2. The Hall–Kier alpha value is -2.54. The van der Waals surface area contributed by atoms with Crippen LogP contribution in [0.25, 0.3) is 0 Å². The van der Waals surface area contributed by atoms with Crippen molar-refractivity contribution in [3.05, 3.63) is 42.5 Å². The van der Waals surface area contributed by atoms with Gasteiger partial charge in [0.15, 0.2) is 0 Å². The Morgan fingerprint density at radius 1 is 1.26 bits per heavy atom. The molecule has 0 atom stereocenters. The van der Waals surface area contributed by atoms with E-state index in [2.05, 4.69) is 17.8 Å². The molecule has 0 aliphatic heterocycles. The summed E-state index contributed by atoms with van der Waals surface area (Å²) in [6, 6.07) is 7.08. The predicted molar refractivity (Wildman–Crippen MR) is 92.0 cm³/mol. The number of benzene rings is 1. The summed E-state index contributed by atoms with van der Waals surface area (Å²) in [7, 11) is 0. The average molecular weight is 310 g/mol. The second-order valence-electron chi connectivity index (χ2n) is 5.70. The smallest absolute Gasteiger partial charge is 0.254 e. The molecule has 0 aromatic heterocycles. The molecular weight excluding hydrogens is 288 g/mol. The average Bonchev–Trinajstić information content (AvgIpc) is 2.60. The highest BCUT2D eigenvalue weighted by atomic mass is 16.2. The van der Waals surface area contributed by atoms with Crippen LogP contribution in [0.15, 0.2) is 36.9 Å². The van der Waals surface area contributed by atoms with Crippen molar-refractivity contribution in [3.63, 3.8) is 0 Å². The van der Waals surface area contributed by atoms with Gasteiger partial charge in [-0.05, 0) is 43.2 Å². The van der Waals surface area contributed by atoms with E-state index < -0.39 is 0 Å².